The number of pyridine rings is 1. The zero-order valence-corrected chi connectivity index (χ0v) is 10.7. The number of carboxylic acid groups (broad SMARTS) is 1. The summed E-state index contributed by atoms with van der Waals surface area (Å²) < 4.78 is 0. The summed E-state index contributed by atoms with van der Waals surface area (Å²) in [4.78, 5) is 21.2. The van der Waals surface area contributed by atoms with Gasteiger partial charge in [-0.1, -0.05) is 11.3 Å². The predicted molar refractivity (Wildman–Crippen MR) is 70.0 cm³/mol. The summed E-state index contributed by atoms with van der Waals surface area (Å²) in [5.74, 6) is -0.932. The van der Waals surface area contributed by atoms with Crippen LogP contribution in [-0.4, -0.2) is 27.6 Å². The maximum atomic E-state index is 10.8. The highest BCUT2D eigenvalue weighted by molar-refractivity contribution is 7.17. The topological polar surface area (TPSA) is 66.3 Å². The summed E-state index contributed by atoms with van der Waals surface area (Å²) in [5.41, 5.74) is 1.12. The molecule has 94 valence electrons. The van der Waals surface area contributed by atoms with E-state index in [1.807, 2.05) is 24.0 Å². The van der Waals surface area contributed by atoms with E-state index in [9.17, 15) is 4.79 Å². The first-order valence-corrected chi connectivity index (χ1v) is 6.35. The molecule has 1 N–H and O–H groups in total. The fourth-order valence-corrected chi connectivity index (χ4v) is 2.35. The van der Waals surface area contributed by atoms with Gasteiger partial charge in [0.05, 0.1) is 6.20 Å². The zero-order valence-electron chi connectivity index (χ0n) is 9.91. The fraction of sp³-hybridized carbons (Fsp3) is 0.250. The quantitative estimate of drug-likeness (QED) is 0.896. The molecule has 0 saturated carbocycles. The maximum Gasteiger partial charge on any atom is 0.347 e. The highest BCUT2D eigenvalue weighted by Gasteiger charge is 2.13. The van der Waals surface area contributed by atoms with Crippen molar-refractivity contribution in [3.63, 3.8) is 0 Å². The molecule has 0 atom stereocenters. The zero-order chi connectivity index (χ0) is 13.0. The molecule has 2 aromatic heterocycles. The number of hydrogen-bond acceptors (Lipinski definition) is 5. The lowest BCUT2D eigenvalue weighted by atomic mass is 10.2. The largest absolute Gasteiger partial charge is 0.477 e. The molecular formula is C12H13N3O2S. The molecule has 6 heteroatoms. The lowest BCUT2D eigenvalue weighted by Gasteiger charge is -2.19. The number of thiazole rings is 1. The van der Waals surface area contributed by atoms with Gasteiger partial charge >= 0.3 is 5.97 Å². The predicted octanol–water partition coefficient (Wildman–Crippen LogP) is 2.26. The van der Waals surface area contributed by atoms with Crippen LogP contribution >= 0.6 is 11.3 Å². The first kappa shape index (κ1) is 12.5. The average Bonchev–Trinajstić information content (AvgIpc) is 2.87. The molecule has 0 aliphatic heterocycles. The van der Waals surface area contributed by atoms with Gasteiger partial charge in [0.25, 0.3) is 0 Å². The van der Waals surface area contributed by atoms with Crippen LogP contribution in [0, 0.1) is 0 Å². The van der Waals surface area contributed by atoms with Crippen molar-refractivity contribution in [1.29, 1.82) is 0 Å². The van der Waals surface area contributed by atoms with E-state index >= 15 is 0 Å². The molecule has 0 radical (unpaired) electrons. The summed E-state index contributed by atoms with van der Waals surface area (Å²) in [7, 11) is 0. The fourth-order valence-electron chi connectivity index (χ4n) is 1.53. The number of carboxylic acids is 1. The second-order valence-corrected chi connectivity index (χ2v) is 4.69. The van der Waals surface area contributed by atoms with Crippen LogP contribution in [0.3, 0.4) is 0 Å². The molecule has 0 amide bonds. The van der Waals surface area contributed by atoms with Gasteiger partial charge in [-0.25, -0.2) is 9.78 Å². The van der Waals surface area contributed by atoms with Crippen molar-refractivity contribution in [3.8, 4) is 0 Å². The second-order valence-electron chi connectivity index (χ2n) is 3.68. The highest BCUT2D eigenvalue weighted by Crippen LogP contribution is 2.23. The Bertz CT molecular complexity index is 527. The van der Waals surface area contributed by atoms with Crippen molar-refractivity contribution in [3.05, 3.63) is 41.2 Å². The normalized spacial score (nSPS) is 10.3. The summed E-state index contributed by atoms with van der Waals surface area (Å²) in [5, 5.41) is 9.61. The Morgan fingerprint density at radius 1 is 1.44 bits per heavy atom. The van der Waals surface area contributed by atoms with E-state index in [4.69, 9.17) is 5.11 Å². The minimum atomic E-state index is -0.932. The molecule has 2 aromatic rings. The smallest absolute Gasteiger partial charge is 0.347 e. The Hall–Kier alpha value is -1.95. The van der Waals surface area contributed by atoms with Crippen LogP contribution in [0.25, 0.3) is 0 Å². The number of anilines is 1. The van der Waals surface area contributed by atoms with E-state index < -0.39 is 5.97 Å². The summed E-state index contributed by atoms with van der Waals surface area (Å²) >= 11 is 1.19. The SMILES string of the molecule is CCN(Cc1ccncc1)c1ncc(C(=O)O)s1. The molecule has 0 aliphatic carbocycles. The van der Waals surface area contributed by atoms with E-state index in [0.29, 0.717) is 6.54 Å². The third-order valence-corrected chi connectivity index (χ3v) is 3.53. The van der Waals surface area contributed by atoms with Crippen molar-refractivity contribution in [2.24, 2.45) is 0 Å². The van der Waals surface area contributed by atoms with Gasteiger partial charge in [0.2, 0.25) is 0 Å². The van der Waals surface area contributed by atoms with Gasteiger partial charge < -0.3 is 10.0 Å². The van der Waals surface area contributed by atoms with Crippen molar-refractivity contribution in [2.45, 2.75) is 13.5 Å². The highest BCUT2D eigenvalue weighted by atomic mass is 32.1. The van der Waals surface area contributed by atoms with Gasteiger partial charge in [0, 0.05) is 25.5 Å². The Kier molecular flexibility index (Phi) is 3.88. The van der Waals surface area contributed by atoms with Crippen molar-refractivity contribution in [2.75, 3.05) is 11.4 Å². The molecule has 2 rings (SSSR count). The molecule has 18 heavy (non-hydrogen) atoms. The van der Waals surface area contributed by atoms with Crippen LogP contribution in [0.15, 0.2) is 30.7 Å². The van der Waals surface area contributed by atoms with Crippen LogP contribution in [0.2, 0.25) is 0 Å². The van der Waals surface area contributed by atoms with Crippen molar-refractivity contribution >= 4 is 22.4 Å². The molecule has 0 aliphatic rings. The number of rotatable bonds is 5. The third kappa shape index (κ3) is 2.84. The summed E-state index contributed by atoms with van der Waals surface area (Å²) in [6.07, 6.45) is 4.89. The van der Waals surface area contributed by atoms with Crippen molar-refractivity contribution < 1.29 is 9.90 Å². The third-order valence-electron chi connectivity index (χ3n) is 2.48. The van der Waals surface area contributed by atoms with E-state index in [1.165, 1.54) is 17.5 Å². The Balaban J connectivity index is 2.15. The van der Waals surface area contributed by atoms with Crippen molar-refractivity contribution in [1.82, 2.24) is 9.97 Å². The van der Waals surface area contributed by atoms with Crippen LogP contribution in [-0.2, 0) is 6.54 Å². The van der Waals surface area contributed by atoms with Crippen LogP contribution in [0.1, 0.15) is 22.2 Å². The Labute approximate surface area is 109 Å². The number of nitrogens with zero attached hydrogens (tertiary/aromatic N) is 3. The lowest BCUT2D eigenvalue weighted by molar-refractivity contribution is 0.0702. The molecule has 5 nitrogen and oxygen atoms in total. The molecular weight excluding hydrogens is 250 g/mol. The molecule has 0 fully saturated rings. The number of aromatic nitrogens is 2. The standard InChI is InChI=1S/C12H13N3O2S/c1-2-15(8-9-3-5-13-6-4-9)12-14-7-10(18-12)11(16)17/h3-7H,2,8H2,1H3,(H,16,17). The summed E-state index contributed by atoms with van der Waals surface area (Å²) in [6.45, 7) is 3.49. The lowest BCUT2D eigenvalue weighted by Crippen LogP contribution is -2.21. The van der Waals surface area contributed by atoms with E-state index in [-0.39, 0.29) is 4.88 Å². The second kappa shape index (κ2) is 5.59. The first-order chi connectivity index (χ1) is 8.70. The van der Waals surface area contributed by atoms with Gasteiger partial charge in [0.15, 0.2) is 5.13 Å². The van der Waals surface area contributed by atoms with Gasteiger partial charge in [-0.2, -0.15) is 0 Å². The van der Waals surface area contributed by atoms with Gasteiger partial charge in [-0.05, 0) is 24.6 Å². The molecule has 0 bridgehead atoms. The number of carbonyl (C=O) groups is 1. The van der Waals surface area contributed by atoms with E-state index in [2.05, 4.69) is 9.97 Å². The van der Waals surface area contributed by atoms with Gasteiger partial charge in [0.1, 0.15) is 4.88 Å². The number of hydrogen-bond donors (Lipinski definition) is 1. The maximum absolute atomic E-state index is 10.8. The number of aromatic carboxylic acids is 1. The van der Waals surface area contributed by atoms with E-state index in [0.717, 1.165) is 17.2 Å². The average molecular weight is 263 g/mol. The van der Waals surface area contributed by atoms with Crippen LogP contribution < -0.4 is 4.90 Å². The molecule has 0 aromatic carbocycles. The Morgan fingerprint density at radius 3 is 2.72 bits per heavy atom. The van der Waals surface area contributed by atoms with Gasteiger partial charge in [-0.3, -0.25) is 4.98 Å². The van der Waals surface area contributed by atoms with Crippen LogP contribution in [0.5, 0.6) is 0 Å². The molecule has 0 saturated heterocycles. The molecule has 2 heterocycles. The monoisotopic (exact) mass is 263 g/mol. The minimum Gasteiger partial charge on any atom is -0.477 e. The van der Waals surface area contributed by atoms with Gasteiger partial charge in [-0.15, -0.1) is 0 Å². The summed E-state index contributed by atoms with van der Waals surface area (Å²) in [6, 6.07) is 3.88. The van der Waals surface area contributed by atoms with E-state index in [1.54, 1.807) is 12.4 Å². The molecule has 0 spiro atoms. The Morgan fingerprint density at radius 2 is 2.17 bits per heavy atom. The minimum absolute atomic E-state index is 0.262. The van der Waals surface area contributed by atoms with Crippen LogP contribution in [0.4, 0.5) is 5.13 Å². The first-order valence-electron chi connectivity index (χ1n) is 5.53. The molecule has 0 unspecified atom stereocenters.